The van der Waals surface area contributed by atoms with E-state index in [4.69, 9.17) is 9.15 Å². The van der Waals surface area contributed by atoms with Gasteiger partial charge in [-0.15, -0.1) is 0 Å². The van der Waals surface area contributed by atoms with Gasteiger partial charge in [-0.05, 0) is 30.3 Å². The number of carbonyl (C=O) groups excluding carboxylic acids is 3. The maximum atomic E-state index is 11.9. The molecule has 0 amide bonds. The Labute approximate surface area is 138 Å². The smallest absolute Gasteiger partial charge is 0.338 e. The molecule has 0 atom stereocenters. The fraction of sp³-hybridized carbons (Fsp3) is 0.235. The van der Waals surface area contributed by atoms with E-state index in [-0.39, 0.29) is 23.3 Å². The second kappa shape index (κ2) is 7.96. The highest BCUT2D eigenvalue weighted by Gasteiger charge is 2.16. The first-order chi connectivity index (χ1) is 11.5. The lowest BCUT2D eigenvalue weighted by Gasteiger charge is -2.08. The first kappa shape index (κ1) is 17.3. The van der Waals surface area contributed by atoms with Gasteiger partial charge in [0.15, 0.2) is 0 Å². The molecule has 0 N–H and O–H groups in total. The maximum absolute atomic E-state index is 11.9. The Bertz CT molecular complexity index is 697. The molecule has 0 saturated heterocycles. The fourth-order valence-electron chi connectivity index (χ4n) is 1.99. The summed E-state index contributed by atoms with van der Waals surface area (Å²) in [7, 11) is 2.42. The van der Waals surface area contributed by atoms with Crippen LogP contribution in [-0.4, -0.2) is 32.1 Å². The zero-order chi connectivity index (χ0) is 17.5. The minimum absolute atomic E-state index is 0.0581. The fourth-order valence-corrected chi connectivity index (χ4v) is 1.99. The molecule has 7 heteroatoms. The van der Waals surface area contributed by atoms with Crippen LogP contribution in [0.1, 0.15) is 32.9 Å². The maximum Gasteiger partial charge on any atom is 0.338 e. The second-order valence-corrected chi connectivity index (χ2v) is 4.78. The lowest BCUT2D eigenvalue weighted by molar-refractivity contribution is -0.134. The van der Waals surface area contributed by atoms with E-state index >= 15 is 0 Å². The number of hydrogen-bond donors (Lipinski definition) is 0. The third-order valence-corrected chi connectivity index (χ3v) is 3.14. The topological polar surface area (TPSA) is 92.0 Å². The van der Waals surface area contributed by atoms with Crippen LogP contribution in [0.2, 0.25) is 0 Å². The van der Waals surface area contributed by atoms with Crippen molar-refractivity contribution in [1.29, 1.82) is 0 Å². The van der Waals surface area contributed by atoms with Gasteiger partial charge in [0.05, 0.1) is 38.0 Å². The molecule has 2 aromatic rings. The van der Waals surface area contributed by atoms with E-state index < -0.39 is 17.9 Å². The van der Waals surface area contributed by atoms with E-state index in [1.54, 1.807) is 12.1 Å². The highest BCUT2D eigenvalue weighted by molar-refractivity contribution is 5.96. The third-order valence-electron chi connectivity index (χ3n) is 3.14. The molecule has 1 aromatic carbocycles. The highest BCUT2D eigenvalue weighted by Crippen LogP contribution is 2.20. The number of ether oxygens (including phenoxy) is 3. The summed E-state index contributed by atoms with van der Waals surface area (Å²) in [6.45, 7) is 0. The van der Waals surface area contributed by atoms with E-state index in [0.29, 0.717) is 12.2 Å². The van der Waals surface area contributed by atoms with Crippen LogP contribution in [0.4, 0.5) is 0 Å². The number of hydrogen-bond acceptors (Lipinski definition) is 7. The van der Waals surface area contributed by atoms with Crippen molar-refractivity contribution < 1.29 is 33.0 Å². The molecule has 126 valence electrons. The molecule has 7 nitrogen and oxygen atoms in total. The van der Waals surface area contributed by atoms with E-state index in [0.717, 1.165) is 0 Å². The van der Waals surface area contributed by atoms with E-state index in [1.807, 2.05) is 0 Å². The van der Waals surface area contributed by atoms with E-state index in [9.17, 15) is 14.4 Å². The van der Waals surface area contributed by atoms with Crippen LogP contribution in [0.3, 0.4) is 0 Å². The Morgan fingerprint density at radius 2 is 1.62 bits per heavy atom. The standard InChI is InChI=1S/C17H16O7/c1-21-16(19)11-8-12(17(20)22-2)10-14(9-11)24-15(18)6-5-13-4-3-7-23-13/h3-4,7-10H,5-6H2,1-2H3. The van der Waals surface area contributed by atoms with Crippen LogP contribution < -0.4 is 4.74 Å². The number of furan rings is 1. The Hall–Kier alpha value is -3.09. The van der Waals surface area contributed by atoms with Crippen LogP contribution in [0.25, 0.3) is 0 Å². The van der Waals surface area contributed by atoms with Gasteiger partial charge in [0, 0.05) is 6.42 Å². The molecular weight excluding hydrogens is 316 g/mol. The second-order valence-electron chi connectivity index (χ2n) is 4.78. The number of methoxy groups -OCH3 is 2. The molecule has 0 aliphatic carbocycles. The molecule has 0 fully saturated rings. The molecule has 0 aliphatic heterocycles. The predicted octanol–water partition coefficient (Wildman–Crippen LogP) is 2.39. The molecule has 1 aromatic heterocycles. The summed E-state index contributed by atoms with van der Waals surface area (Å²) < 4.78 is 19.6. The van der Waals surface area contributed by atoms with Crippen molar-refractivity contribution in [3.8, 4) is 5.75 Å². The third kappa shape index (κ3) is 4.45. The molecule has 0 aliphatic rings. The highest BCUT2D eigenvalue weighted by atomic mass is 16.5. The SMILES string of the molecule is COC(=O)c1cc(OC(=O)CCc2ccco2)cc(C(=O)OC)c1. The minimum atomic E-state index is -0.659. The number of aryl methyl sites for hydroxylation is 1. The minimum Gasteiger partial charge on any atom is -0.469 e. The zero-order valence-electron chi connectivity index (χ0n) is 13.2. The summed E-state index contributed by atoms with van der Waals surface area (Å²) in [5.41, 5.74) is 0.156. The Kier molecular flexibility index (Phi) is 5.73. The van der Waals surface area contributed by atoms with Gasteiger partial charge in [0.2, 0.25) is 0 Å². The molecule has 0 unspecified atom stereocenters. The van der Waals surface area contributed by atoms with Crippen molar-refractivity contribution in [1.82, 2.24) is 0 Å². The molecule has 0 bridgehead atoms. The molecule has 24 heavy (non-hydrogen) atoms. The lowest BCUT2D eigenvalue weighted by atomic mass is 10.1. The molecule has 0 radical (unpaired) electrons. The van der Waals surface area contributed by atoms with Gasteiger partial charge in [-0.25, -0.2) is 9.59 Å². The molecule has 0 saturated carbocycles. The molecular formula is C17H16O7. The van der Waals surface area contributed by atoms with Gasteiger partial charge in [-0.3, -0.25) is 4.79 Å². The summed E-state index contributed by atoms with van der Waals surface area (Å²) in [5.74, 6) is -1.13. The average molecular weight is 332 g/mol. The quantitative estimate of drug-likeness (QED) is 0.592. The van der Waals surface area contributed by atoms with Crippen LogP contribution in [0.5, 0.6) is 5.75 Å². The van der Waals surface area contributed by atoms with Gasteiger partial charge >= 0.3 is 17.9 Å². The largest absolute Gasteiger partial charge is 0.469 e. The van der Waals surface area contributed by atoms with E-state index in [1.165, 1.54) is 38.7 Å². The molecule has 0 spiro atoms. The van der Waals surface area contributed by atoms with Crippen molar-refractivity contribution in [3.63, 3.8) is 0 Å². The van der Waals surface area contributed by atoms with Gasteiger partial charge in [0.1, 0.15) is 11.5 Å². The monoisotopic (exact) mass is 332 g/mol. The van der Waals surface area contributed by atoms with Gasteiger partial charge in [-0.2, -0.15) is 0 Å². The van der Waals surface area contributed by atoms with Crippen molar-refractivity contribution >= 4 is 17.9 Å². The number of rotatable bonds is 6. The van der Waals surface area contributed by atoms with Crippen molar-refractivity contribution in [2.24, 2.45) is 0 Å². The van der Waals surface area contributed by atoms with Gasteiger partial charge < -0.3 is 18.6 Å². The average Bonchev–Trinajstić information content (AvgIpc) is 3.11. The molecule has 1 heterocycles. The van der Waals surface area contributed by atoms with Crippen molar-refractivity contribution in [2.45, 2.75) is 12.8 Å². The normalized spacial score (nSPS) is 10.1. The Morgan fingerprint density at radius 1 is 1.00 bits per heavy atom. The first-order valence-corrected chi connectivity index (χ1v) is 7.08. The predicted molar refractivity (Wildman–Crippen MR) is 81.8 cm³/mol. The number of esters is 3. The van der Waals surface area contributed by atoms with E-state index in [2.05, 4.69) is 9.47 Å². The summed E-state index contributed by atoms with van der Waals surface area (Å²) in [6, 6.07) is 7.42. The summed E-state index contributed by atoms with van der Waals surface area (Å²) >= 11 is 0. The summed E-state index contributed by atoms with van der Waals surface area (Å²) in [6.07, 6.45) is 1.99. The van der Waals surface area contributed by atoms with Crippen LogP contribution in [0.15, 0.2) is 41.0 Å². The zero-order valence-corrected chi connectivity index (χ0v) is 13.2. The Balaban J connectivity index is 2.13. The van der Waals surface area contributed by atoms with Crippen molar-refractivity contribution in [2.75, 3.05) is 14.2 Å². The van der Waals surface area contributed by atoms with Gasteiger partial charge in [0.25, 0.3) is 0 Å². The van der Waals surface area contributed by atoms with Crippen LogP contribution >= 0.6 is 0 Å². The first-order valence-electron chi connectivity index (χ1n) is 7.08. The van der Waals surface area contributed by atoms with Crippen molar-refractivity contribution in [3.05, 3.63) is 53.5 Å². The number of benzene rings is 1. The summed E-state index contributed by atoms with van der Waals surface area (Å²) in [4.78, 5) is 35.2. The summed E-state index contributed by atoms with van der Waals surface area (Å²) in [5, 5.41) is 0. The lowest BCUT2D eigenvalue weighted by Crippen LogP contribution is -2.12. The van der Waals surface area contributed by atoms with Crippen LogP contribution in [0, 0.1) is 0 Å². The Morgan fingerprint density at radius 3 is 2.12 bits per heavy atom. The van der Waals surface area contributed by atoms with Crippen LogP contribution in [-0.2, 0) is 20.7 Å². The van der Waals surface area contributed by atoms with Gasteiger partial charge in [-0.1, -0.05) is 0 Å². The molecule has 2 rings (SSSR count). The number of carbonyl (C=O) groups is 3.